The Labute approximate surface area is 101 Å². The van der Waals surface area contributed by atoms with Crippen molar-refractivity contribution < 1.29 is 13.2 Å². The normalized spacial score (nSPS) is 14.2. The van der Waals surface area contributed by atoms with Gasteiger partial charge in [-0.1, -0.05) is 13.0 Å². The van der Waals surface area contributed by atoms with Gasteiger partial charge in [-0.3, -0.25) is 0 Å². The van der Waals surface area contributed by atoms with E-state index < -0.39 is 11.7 Å². The molecule has 2 aromatic rings. The van der Waals surface area contributed by atoms with Crippen molar-refractivity contribution in [3.05, 3.63) is 34.7 Å². The Bertz CT molecular complexity index is 530. The first-order chi connectivity index (χ1) is 7.95. The molecule has 0 saturated carbocycles. The van der Waals surface area contributed by atoms with Gasteiger partial charge in [-0.05, 0) is 35.5 Å². The van der Waals surface area contributed by atoms with Crippen LogP contribution in [-0.4, -0.2) is 6.54 Å². The van der Waals surface area contributed by atoms with Crippen molar-refractivity contribution in [1.29, 1.82) is 0 Å². The summed E-state index contributed by atoms with van der Waals surface area (Å²) in [7, 11) is 0. The van der Waals surface area contributed by atoms with Gasteiger partial charge in [0.25, 0.3) is 0 Å². The minimum absolute atomic E-state index is 0.0627. The summed E-state index contributed by atoms with van der Waals surface area (Å²) in [5, 5.41) is 2.08. The molecule has 0 aliphatic heterocycles. The van der Waals surface area contributed by atoms with Crippen molar-refractivity contribution in [2.45, 2.75) is 19.0 Å². The Morgan fingerprint density at radius 3 is 2.65 bits per heavy atom. The number of thiophene rings is 1. The van der Waals surface area contributed by atoms with Gasteiger partial charge in [0, 0.05) is 10.1 Å². The lowest BCUT2D eigenvalue weighted by Gasteiger charge is -2.12. The highest BCUT2D eigenvalue weighted by atomic mass is 32.1. The standard InChI is InChI=1S/C12H12F3NS/c1-7(5-16)8-6-17-10-4-2-3-9(11(8)10)12(13,14)15/h2-4,6-7H,5,16H2,1H3. The SMILES string of the molecule is CC(CN)c1csc2cccc(C(F)(F)F)c12. The smallest absolute Gasteiger partial charge is 0.330 e. The van der Waals surface area contributed by atoms with E-state index in [-0.39, 0.29) is 5.92 Å². The van der Waals surface area contributed by atoms with Gasteiger partial charge < -0.3 is 5.73 Å². The maximum atomic E-state index is 12.9. The van der Waals surface area contributed by atoms with Crippen LogP contribution < -0.4 is 5.73 Å². The third-order valence-electron chi connectivity index (χ3n) is 2.82. The number of fused-ring (bicyclic) bond motifs is 1. The first-order valence-electron chi connectivity index (χ1n) is 5.22. The molecule has 92 valence electrons. The van der Waals surface area contributed by atoms with Gasteiger partial charge in [0.15, 0.2) is 0 Å². The molecule has 0 spiro atoms. The molecular formula is C12H12F3NS. The summed E-state index contributed by atoms with van der Waals surface area (Å²) >= 11 is 1.33. The highest BCUT2D eigenvalue weighted by Crippen LogP contribution is 2.40. The van der Waals surface area contributed by atoms with Crippen LogP contribution in [0.4, 0.5) is 13.2 Å². The Morgan fingerprint density at radius 1 is 1.35 bits per heavy atom. The minimum atomic E-state index is -4.32. The van der Waals surface area contributed by atoms with E-state index in [0.717, 1.165) is 6.07 Å². The molecule has 1 aromatic carbocycles. The van der Waals surface area contributed by atoms with Gasteiger partial charge in [0.2, 0.25) is 0 Å². The average molecular weight is 259 g/mol. The van der Waals surface area contributed by atoms with Gasteiger partial charge in [-0.25, -0.2) is 0 Å². The van der Waals surface area contributed by atoms with E-state index in [9.17, 15) is 13.2 Å². The summed E-state index contributed by atoms with van der Waals surface area (Å²) in [6.45, 7) is 2.19. The van der Waals surface area contributed by atoms with Crippen LogP contribution >= 0.6 is 11.3 Å². The summed E-state index contributed by atoms with van der Waals surface area (Å²) in [5.41, 5.74) is 5.67. The van der Waals surface area contributed by atoms with E-state index in [4.69, 9.17) is 5.73 Å². The number of nitrogens with two attached hydrogens (primary N) is 1. The molecule has 0 fully saturated rings. The van der Waals surface area contributed by atoms with E-state index in [0.29, 0.717) is 22.2 Å². The number of benzene rings is 1. The van der Waals surface area contributed by atoms with Gasteiger partial charge in [-0.2, -0.15) is 13.2 Å². The fraction of sp³-hybridized carbons (Fsp3) is 0.333. The number of hydrogen-bond acceptors (Lipinski definition) is 2. The van der Waals surface area contributed by atoms with Crippen LogP contribution in [-0.2, 0) is 6.18 Å². The number of hydrogen-bond donors (Lipinski definition) is 1. The molecule has 0 aliphatic rings. The first kappa shape index (κ1) is 12.4. The molecule has 2 N–H and O–H groups in total. The van der Waals surface area contributed by atoms with Crippen LogP contribution in [0.1, 0.15) is 24.0 Å². The van der Waals surface area contributed by atoms with Crippen molar-refractivity contribution in [3.63, 3.8) is 0 Å². The maximum Gasteiger partial charge on any atom is 0.417 e. The van der Waals surface area contributed by atoms with Crippen LogP contribution in [0, 0.1) is 0 Å². The second kappa shape index (κ2) is 4.31. The second-order valence-corrected chi connectivity index (χ2v) is 4.92. The summed E-state index contributed by atoms with van der Waals surface area (Å²) in [6.07, 6.45) is -4.32. The Hall–Kier alpha value is -1.07. The van der Waals surface area contributed by atoms with Crippen LogP contribution in [0.15, 0.2) is 23.6 Å². The molecule has 17 heavy (non-hydrogen) atoms. The monoisotopic (exact) mass is 259 g/mol. The second-order valence-electron chi connectivity index (χ2n) is 4.00. The molecule has 1 aromatic heterocycles. The third kappa shape index (κ3) is 2.17. The lowest BCUT2D eigenvalue weighted by Crippen LogP contribution is -2.11. The number of alkyl halides is 3. The molecule has 0 saturated heterocycles. The van der Waals surface area contributed by atoms with Crippen LogP contribution in [0.3, 0.4) is 0 Å². The van der Waals surface area contributed by atoms with Crippen LogP contribution in [0.5, 0.6) is 0 Å². The van der Waals surface area contributed by atoms with Crippen molar-refractivity contribution in [3.8, 4) is 0 Å². The van der Waals surface area contributed by atoms with Crippen LogP contribution in [0.2, 0.25) is 0 Å². The summed E-state index contributed by atoms with van der Waals surface area (Å²) in [6, 6.07) is 4.28. The molecule has 0 bridgehead atoms. The lowest BCUT2D eigenvalue weighted by atomic mass is 9.97. The van der Waals surface area contributed by atoms with Crippen molar-refractivity contribution in [2.75, 3.05) is 6.54 Å². The maximum absolute atomic E-state index is 12.9. The van der Waals surface area contributed by atoms with E-state index in [1.165, 1.54) is 17.4 Å². The van der Waals surface area contributed by atoms with E-state index >= 15 is 0 Å². The molecule has 2 rings (SSSR count). The van der Waals surface area contributed by atoms with Crippen molar-refractivity contribution >= 4 is 21.4 Å². The quantitative estimate of drug-likeness (QED) is 0.867. The summed E-state index contributed by atoms with van der Waals surface area (Å²) in [4.78, 5) is 0. The predicted molar refractivity (Wildman–Crippen MR) is 64.3 cm³/mol. The molecule has 0 amide bonds. The zero-order valence-corrected chi connectivity index (χ0v) is 10.0. The van der Waals surface area contributed by atoms with Crippen molar-refractivity contribution in [2.24, 2.45) is 5.73 Å². The molecule has 5 heteroatoms. The Morgan fingerprint density at radius 2 is 2.06 bits per heavy atom. The van der Waals surface area contributed by atoms with Crippen molar-refractivity contribution in [1.82, 2.24) is 0 Å². The van der Waals surface area contributed by atoms with Gasteiger partial charge in [0.05, 0.1) is 5.56 Å². The van der Waals surface area contributed by atoms with E-state index in [2.05, 4.69) is 0 Å². The molecular weight excluding hydrogens is 247 g/mol. The highest BCUT2D eigenvalue weighted by Gasteiger charge is 2.33. The number of halogens is 3. The summed E-state index contributed by atoms with van der Waals surface area (Å²) < 4.78 is 39.4. The Kier molecular flexibility index (Phi) is 3.14. The van der Waals surface area contributed by atoms with Gasteiger partial charge in [0.1, 0.15) is 0 Å². The van der Waals surface area contributed by atoms with E-state index in [1.54, 1.807) is 11.4 Å². The average Bonchev–Trinajstić information content (AvgIpc) is 2.70. The highest BCUT2D eigenvalue weighted by molar-refractivity contribution is 7.17. The van der Waals surface area contributed by atoms with Gasteiger partial charge in [-0.15, -0.1) is 11.3 Å². The molecule has 1 heterocycles. The largest absolute Gasteiger partial charge is 0.417 e. The fourth-order valence-corrected chi connectivity index (χ4v) is 2.95. The third-order valence-corrected chi connectivity index (χ3v) is 3.78. The molecule has 0 aliphatic carbocycles. The zero-order valence-electron chi connectivity index (χ0n) is 9.21. The van der Waals surface area contributed by atoms with Crippen LogP contribution in [0.25, 0.3) is 10.1 Å². The Balaban J connectivity index is 2.72. The summed E-state index contributed by atoms with van der Waals surface area (Å²) in [5.74, 6) is -0.0627. The topological polar surface area (TPSA) is 26.0 Å². The molecule has 1 atom stereocenters. The molecule has 1 unspecified atom stereocenters. The van der Waals surface area contributed by atoms with E-state index in [1.807, 2.05) is 6.92 Å². The van der Waals surface area contributed by atoms with Gasteiger partial charge >= 0.3 is 6.18 Å². The molecule has 1 nitrogen and oxygen atoms in total. The lowest BCUT2D eigenvalue weighted by molar-refractivity contribution is -0.136. The zero-order chi connectivity index (χ0) is 12.6. The minimum Gasteiger partial charge on any atom is -0.330 e. The fourth-order valence-electron chi connectivity index (χ4n) is 1.84. The first-order valence-corrected chi connectivity index (χ1v) is 6.10. The number of rotatable bonds is 2. The molecule has 0 radical (unpaired) electrons. The predicted octanol–water partition coefficient (Wildman–Crippen LogP) is 3.98.